The zero-order chi connectivity index (χ0) is 29.1. The largest absolute Gasteiger partial charge is 0.416 e. The number of anilines is 1. The topological polar surface area (TPSA) is 85.2 Å². The molecule has 2 amide bonds. The molecule has 0 aliphatic carbocycles. The molecule has 1 aromatic heterocycles. The normalized spacial score (nSPS) is 16.7. The first-order valence-electron chi connectivity index (χ1n) is 12.2. The Labute approximate surface area is 233 Å². The van der Waals surface area contributed by atoms with E-state index in [9.17, 15) is 31.5 Å². The smallest absolute Gasteiger partial charge is 0.377 e. The lowest BCUT2D eigenvalue weighted by atomic mass is 9.93. The lowest BCUT2D eigenvalue weighted by molar-refractivity contribution is -0.137. The third-order valence-electron chi connectivity index (χ3n) is 6.92. The molecule has 0 spiro atoms. The quantitative estimate of drug-likeness (QED) is 0.274. The van der Waals surface area contributed by atoms with Crippen molar-refractivity contribution in [3.8, 4) is 11.1 Å². The zero-order valence-electron chi connectivity index (χ0n) is 20.7. The van der Waals surface area contributed by atoms with Gasteiger partial charge in [0.15, 0.2) is 0 Å². The third kappa shape index (κ3) is 5.04. The molecule has 0 radical (unpaired) electrons. The molecule has 1 fully saturated rings. The van der Waals surface area contributed by atoms with Crippen LogP contribution in [-0.2, 0) is 10.9 Å². The summed E-state index contributed by atoms with van der Waals surface area (Å²) in [6.45, 7) is 0.970. The van der Waals surface area contributed by atoms with Crippen LogP contribution >= 0.6 is 11.6 Å². The Hall–Kier alpha value is -4.29. The number of alkyl halides is 3. The fourth-order valence-electron chi connectivity index (χ4n) is 4.81. The van der Waals surface area contributed by atoms with E-state index in [0.29, 0.717) is 36.5 Å². The van der Waals surface area contributed by atoms with Gasteiger partial charge in [0.2, 0.25) is 0 Å². The van der Waals surface area contributed by atoms with E-state index in [1.807, 2.05) is 0 Å². The molecule has 4 aromatic rings. The summed E-state index contributed by atoms with van der Waals surface area (Å²) in [5, 5.41) is 9.73. The van der Waals surface area contributed by atoms with E-state index in [0.717, 1.165) is 12.1 Å². The number of benzene rings is 3. The van der Waals surface area contributed by atoms with Gasteiger partial charge in [0.1, 0.15) is 11.6 Å². The Balaban J connectivity index is 1.47. The number of fused-ring (bicyclic) bond motifs is 1. The molecule has 1 unspecified atom stereocenters. The van der Waals surface area contributed by atoms with Crippen LogP contribution in [0.15, 0.2) is 60.9 Å². The second-order valence-corrected chi connectivity index (χ2v) is 10.0. The monoisotopic (exact) mass is 588 g/mol. The first-order valence-corrected chi connectivity index (χ1v) is 12.6. The third-order valence-corrected chi connectivity index (χ3v) is 7.27. The number of amides is 2. The van der Waals surface area contributed by atoms with E-state index in [1.54, 1.807) is 23.1 Å². The van der Waals surface area contributed by atoms with Gasteiger partial charge in [0, 0.05) is 44.7 Å². The second-order valence-electron chi connectivity index (χ2n) is 9.64. The maximum atomic E-state index is 14.2. The predicted octanol–water partition coefficient (Wildman–Crippen LogP) is 6.16. The molecule has 6 rings (SSSR count). The summed E-state index contributed by atoms with van der Waals surface area (Å²) < 4.78 is 75.0. The molecule has 210 valence electrons. The number of aromatic nitrogens is 2. The lowest BCUT2D eigenvalue weighted by Crippen LogP contribution is -2.30. The molecule has 2 aliphatic heterocycles. The van der Waals surface area contributed by atoms with Crippen molar-refractivity contribution in [3.05, 3.63) is 105 Å². The van der Waals surface area contributed by atoms with E-state index in [-0.39, 0.29) is 39.5 Å². The number of nitrogens with one attached hydrogen (secondary N) is 2. The highest BCUT2D eigenvalue weighted by Crippen LogP contribution is 2.42. The molecule has 3 aromatic carbocycles. The van der Waals surface area contributed by atoms with Crippen LogP contribution in [-0.4, -0.2) is 34.8 Å². The highest BCUT2D eigenvalue weighted by atomic mass is 35.5. The summed E-state index contributed by atoms with van der Waals surface area (Å²) in [6.07, 6.45) is -1.60. The van der Waals surface area contributed by atoms with Gasteiger partial charge < -0.3 is 15.4 Å². The standard InChI is InChI=1S/C28H18ClF5N4O3/c29-22-2-1-17(30)8-20(22)25-24-21(27(40)37-25)5-13(15-9-35-38(10-15)19-11-41-12-19)6-23(24)36-26(39)14-3-16(28(32,33)34)7-18(31)4-14/h1-10,19,25H,11-12H2,(H,36,39)(H,37,40). The molecule has 2 N–H and O–H groups in total. The van der Waals surface area contributed by atoms with Crippen LogP contribution in [0.3, 0.4) is 0 Å². The SMILES string of the molecule is O=C(Nc1cc(-c2cnn(C3COC3)c2)cc2c1C(c1cc(F)ccc1Cl)NC2=O)c1cc(F)cc(C(F)(F)F)c1. The van der Waals surface area contributed by atoms with E-state index in [2.05, 4.69) is 15.7 Å². The molecule has 7 nitrogen and oxygen atoms in total. The van der Waals surface area contributed by atoms with Gasteiger partial charge in [-0.05, 0) is 54.1 Å². The van der Waals surface area contributed by atoms with Crippen LogP contribution in [0.1, 0.15) is 49.5 Å². The van der Waals surface area contributed by atoms with Crippen LogP contribution in [0.2, 0.25) is 5.02 Å². The number of ether oxygens (including phenoxy) is 1. The van der Waals surface area contributed by atoms with Gasteiger partial charge in [-0.15, -0.1) is 0 Å². The van der Waals surface area contributed by atoms with Gasteiger partial charge in [0.05, 0.1) is 37.1 Å². The minimum atomic E-state index is -4.89. The number of hydrogen-bond donors (Lipinski definition) is 2. The highest BCUT2D eigenvalue weighted by Gasteiger charge is 2.36. The molecular weight excluding hydrogens is 571 g/mol. The van der Waals surface area contributed by atoms with Crippen LogP contribution in [0.4, 0.5) is 27.6 Å². The van der Waals surface area contributed by atoms with E-state index < -0.39 is 46.8 Å². The molecule has 0 bridgehead atoms. The summed E-state index contributed by atoms with van der Waals surface area (Å²) in [5.41, 5.74) is -0.317. The van der Waals surface area contributed by atoms with E-state index in [1.165, 1.54) is 12.1 Å². The van der Waals surface area contributed by atoms with E-state index in [4.69, 9.17) is 16.3 Å². The molecule has 13 heteroatoms. The molecule has 2 aliphatic rings. The Morgan fingerprint density at radius 2 is 1.83 bits per heavy atom. The first-order chi connectivity index (χ1) is 19.5. The summed E-state index contributed by atoms with van der Waals surface area (Å²) in [7, 11) is 0. The maximum Gasteiger partial charge on any atom is 0.416 e. The van der Waals surface area contributed by atoms with Crippen LogP contribution in [0.5, 0.6) is 0 Å². The number of carbonyl (C=O) groups excluding carboxylic acids is 2. The lowest BCUT2D eigenvalue weighted by Gasteiger charge is -2.25. The van der Waals surface area contributed by atoms with Crippen molar-refractivity contribution >= 4 is 29.1 Å². The predicted molar refractivity (Wildman–Crippen MR) is 138 cm³/mol. The van der Waals surface area contributed by atoms with Crippen LogP contribution in [0.25, 0.3) is 11.1 Å². The Kier molecular flexibility index (Phi) is 6.54. The Morgan fingerprint density at radius 3 is 2.54 bits per heavy atom. The number of halogens is 6. The molecule has 41 heavy (non-hydrogen) atoms. The zero-order valence-corrected chi connectivity index (χ0v) is 21.5. The van der Waals surface area contributed by atoms with Gasteiger partial charge in [-0.2, -0.15) is 18.3 Å². The van der Waals surface area contributed by atoms with Crippen molar-refractivity contribution in [3.63, 3.8) is 0 Å². The Morgan fingerprint density at radius 1 is 1.05 bits per heavy atom. The molecule has 3 heterocycles. The second kappa shape index (κ2) is 9.96. The van der Waals surface area contributed by atoms with Crippen molar-refractivity contribution in [2.45, 2.75) is 18.3 Å². The van der Waals surface area contributed by atoms with Gasteiger partial charge in [-0.3, -0.25) is 14.3 Å². The minimum absolute atomic E-state index is 0.0312. The minimum Gasteiger partial charge on any atom is -0.377 e. The van der Waals surface area contributed by atoms with Crippen LogP contribution < -0.4 is 10.6 Å². The molecule has 0 saturated carbocycles. The fraction of sp³-hybridized carbons (Fsp3) is 0.179. The number of carbonyl (C=O) groups is 2. The average molecular weight is 589 g/mol. The van der Waals surface area contributed by atoms with Crippen molar-refractivity contribution in [2.75, 3.05) is 18.5 Å². The molecule has 1 atom stereocenters. The van der Waals surface area contributed by atoms with Crippen molar-refractivity contribution in [1.82, 2.24) is 15.1 Å². The van der Waals surface area contributed by atoms with Gasteiger partial charge in [-0.25, -0.2) is 8.78 Å². The van der Waals surface area contributed by atoms with Crippen molar-refractivity contribution in [1.29, 1.82) is 0 Å². The number of nitrogens with zero attached hydrogens (tertiary/aromatic N) is 2. The first kappa shape index (κ1) is 26.9. The van der Waals surface area contributed by atoms with E-state index >= 15 is 0 Å². The van der Waals surface area contributed by atoms with Gasteiger partial charge in [-0.1, -0.05) is 11.6 Å². The molecular formula is C28H18ClF5N4O3. The Bertz CT molecular complexity index is 1720. The average Bonchev–Trinajstić information content (AvgIpc) is 3.48. The fourth-order valence-corrected chi connectivity index (χ4v) is 5.04. The highest BCUT2D eigenvalue weighted by molar-refractivity contribution is 6.31. The maximum absolute atomic E-state index is 14.2. The van der Waals surface area contributed by atoms with Crippen LogP contribution in [0, 0.1) is 11.6 Å². The van der Waals surface area contributed by atoms with Gasteiger partial charge >= 0.3 is 6.18 Å². The summed E-state index contributed by atoms with van der Waals surface area (Å²) in [5.74, 6) is -3.48. The van der Waals surface area contributed by atoms with Crippen molar-refractivity contribution in [2.24, 2.45) is 0 Å². The van der Waals surface area contributed by atoms with Gasteiger partial charge in [0.25, 0.3) is 11.8 Å². The number of rotatable bonds is 5. The van der Waals surface area contributed by atoms with Crippen molar-refractivity contribution < 1.29 is 36.3 Å². The number of hydrogen-bond acceptors (Lipinski definition) is 4. The molecule has 1 saturated heterocycles. The summed E-state index contributed by atoms with van der Waals surface area (Å²) >= 11 is 6.33. The summed E-state index contributed by atoms with van der Waals surface area (Å²) in [6, 6.07) is 7.18. The summed E-state index contributed by atoms with van der Waals surface area (Å²) in [4.78, 5) is 26.3.